The summed E-state index contributed by atoms with van der Waals surface area (Å²) in [6.07, 6.45) is -0.718. The lowest BCUT2D eigenvalue weighted by Crippen LogP contribution is -2.30. The maximum atomic E-state index is 12.7. The molecule has 3 aromatic carbocycles. The van der Waals surface area contributed by atoms with Gasteiger partial charge < -0.3 is 10.1 Å². The Morgan fingerprint density at radius 2 is 1.52 bits per heavy atom. The van der Waals surface area contributed by atoms with E-state index < -0.39 is 16.1 Å². The molecule has 0 aromatic heterocycles. The van der Waals surface area contributed by atoms with Crippen LogP contribution in [0, 0.1) is 13.8 Å². The van der Waals surface area contributed by atoms with Gasteiger partial charge in [-0.1, -0.05) is 43.7 Å². The van der Waals surface area contributed by atoms with Crippen LogP contribution in [-0.4, -0.2) is 20.4 Å². The molecule has 0 bridgehead atoms. The maximum Gasteiger partial charge on any atom is 0.265 e. The molecule has 1 atom stereocenters. The standard InChI is InChI=1S/C26H30N2O4S/c1-17(2)21-7-11-23(12-8-21)32-20(5)26(29)27-22-9-13-24(14-10-22)33(30,31)28-25-15-6-18(3)16-19(25)4/h6-17,20,28H,1-5H3,(H,27,29). The van der Waals surface area contributed by atoms with E-state index in [2.05, 4.69) is 23.9 Å². The van der Waals surface area contributed by atoms with Gasteiger partial charge in [-0.05, 0) is 80.3 Å². The lowest BCUT2D eigenvalue weighted by molar-refractivity contribution is -0.122. The van der Waals surface area contributed by atoms with Crippen LogP contribution in [0.4, 0.5) is 11.4 Å². The summed E-state index contributed by atoms with van der Waals surface area (Å²) in [5, 5.41) is 2.76. The van der Waals surface area contributed by atoms with Crippen molar-refractivity contribution < 1.29 is 17.9 Å². The highest BCUT2D eigenvalue weighted by Gasteiger charge is 2.18. The summed E-state index contributed by atoms with van der Waals surface area (Å²) in [6.45, 7) is 9.69. The molecule has 6 nitrogen and oxygen atoms in total. The minimum atomic E-state index is -3.75. The van der Waals surface area contributed by atoms with E-state index in [0.29, 0.717) is 23.0 Å². The zero-order valence-electron chi connectivity index (χ0n) is 19.5. The molecule has 0 fully saturated rings. The predicted molar refractivity (Wildman–Crippen MR) is 132 cm³/mol. The number of amides is 1. The average Bonchev–Trinajstić information content (AvgIpc) is 2.76. The van der Waals surface area contributed by atoms with Crippen LogP contribution in [0.25, 0.3) is 0 Å². The molecule has 0 saturated carbocycles. The molecule has 7 heteroatoms. The number of carbonyl (C=O) groups is 1. The summed E-state index contributed by atoms with van der Waals surface area (Å²) >= 11 is 0. The molecule has 1 unspecified atom stereocenters. The second-order valence-electron chi connectivity index (χ2n) is 8.42. The monoisotopic (exact) mass is 466 g/mol. The smallest absolute Gasteiger partial charge is 0.265 e. The maximum absolute atomic E-state index is 12.7. The Kier molecular flexibility index (Phi) is 7.43. The van der Waals surface area contributed by atoms with Crippen LogP contribution in [0.5, 0.6) is 5.75 Å². The van der Waals surface area contributed by atoms with Crippen LogP contribution in [0.15, 0.2) is 71.6 Å². The van der Waals surface area contributed by atoms with Crippen molar-refractivity contribution >= 4 is 27.3 Å². The van der Waals surface area contributed by atoms with Gasteiger partial charge in [-0.15, -0.1) is 0 Å². The van der Waals surface area contributed by atoms with Crippen molar-refractivity contribution in [1.82, 2.24) is 0 Å². The number of hydrogen-bond donors (Lipinski definition) is 2. The molecular formula is C26H30N2O4S. The van der Waals surface area contributed by atoms with Crippen molar-refractivity contribution in [3.63, 3.8) is 0 Å². The van der Waals surface area contributed by atoms with Crippen molar-refractivity contribution in [3.8, 4) is 5.75 Å². The Morgan fingerprint density at radius 3 is 2.09 bits per heavy atom. The Balaban J connectivity index is 1.62. The lowest BCUT2D eigenvalue weighted by atomic mass is 10.0. The number of hydrogen-bond acceptors (Lipinski definition) is 4. The van der Waals surface area contributed by atoms with E-state index in [0.717, 1.165) is 11.1 Å². The van der Waals surface area contributed by atoms with Gasteiger partial charge in [-0.3, -0.25) is 9.52 Å². The van der Waals surface area contributed by atoms with Gasteiger partial charge in [0.2, 0.25) is 0 Å². The summed E-state index contributed by atoms with van der Waals surface area (Å²) in [4.78, 5) is 12.6. The number of anilines is 2. The molecule has 0 radical (unpaired) electrons. The third kappa shape index (κ3) is 6.35. The minimum absolute atomic E-state index is 0.106. The quantitative estimate of drug-likeness (QED) is 0.450. The van der Waals surface area contributed by atoms with E-state index in [1.54, 1.807) is 25.1 Å². The largest absolute Gasteiger partial charge is 0.481 e. The summed E-state index contributed by atoms with van der Waals surface area (Å²) < 4.78 is 33.8. The van der Waals surface area contributed by atoms with Crippen molar-refractivity contribution in [2.75, 3.05) is 10.0 Å². The number of ether oxygens (including phenoxy) is 1. The molecule has 0 aliphatic carbocycles. The van der Waals surface area contributed by atoms with Crippen molar-refractivity contribution in [2.24, 2.45) is 0 Å². The van der Waals surface area contributed by atoms with Gasteiger partial charge >= 0.3 is 0 Å². The molecule has 0 aliphatic rings. The number of sulfonamides is 1. The predicted octanol–water partition coefficient (Wildman–Crippen LogP) is 5.63. The highest BCUT2D eigenvalue weighted by atomic mass is 32.2. The first-order valence-electron chi connectivity index (χ1n) is 10.8. The van der Waals surface area contributed by atoms with Gasteiger partial charge in [0.05, 0.1) is 10.6 Å². The second kappa shape index (κ2) is 10.1. The van der Waals surface area contributed by atoms with Crippen molar-refractivity contribution in [1.29, 1.82) is 0 Å². The van der Waals surface area contributed by atoms with Gasteiger partial charge in [0, 0.05) is 5.69 Å². The van der Waals surface area contributed by atoms with Crippen molar-refractivity contribution in [2.45, 2.75) is 51.5 Å². The number of aryl methyl sites for hydroxylation is 2. The Morgan fingerprint density at radius 1 is 0.879 bits per heavy atom. The molecule has 33 heavy (non-hydrogen) atoms. The molecule has 0 saturated heterocycles. The van der Waals surface area contributed by atoms with E-state index in [1.165, 1.54) is 17.7 Å². The Labute approximate surface area is 196 Å². The number of rotatable bonds is 8. The van der Waals surface area contributed by atoms with Crippen LogP contribution >= 0.6 is 0 Å². The van der Waals surface area contributed by atoms with Crippen LogP contribution in [0.3, 0.4) is 0 Å². The highest BCUT2D eigenvalue weighted by Crippen LogP contribution is 2.23. The van der Waals surface area contributed by atoms with Gasteiger partial charge in [0.25, 0.3) is 15.9 Å². The van der Waals surface area contributed by atoms with E-state index in [4.69, 9.17) is 4.74 Å². The SMILES string of the molecule is Cc1ccc(NS(=O)(=O)c2ccc(NC(=O)C(C)Oc3ccc(C(C)C)cc3)cc2)c(C)c1. The first-order valence-corrected chi connectivity index (χ1v) is 12.3. The second-order valence-corrected chi connectivity index (χ2v) is 10.1. The molecule has 2 N–H and O–H groups in total. The summed E-state index contributed by atoms with van der Waals surface area (Å²) in [5.74, 6) is 0.704. The number of nitrogens with one attached hydrogen (secondary N) is 2. The third-order valence-electron chi connectivity index (χ3n) is 5.29. The first-order chi connectivity index (χ1) is 15.5. The molecule has 174 valence electrons. The Bertz CT molecular complexity index is 1220. The summed E-state index contributed by atoms with van der Waals surface area (Å²) in [6, 6.07) is 19.2. The van der Waals surface area contributed by atoms with Crippen LogP contribution in [0.1, 0.15) is 43.4 Å². The number of carbonyl (C=O) groups excluding carboxylic acids is 1. The van der Waals surface area contributed by atoms with Crippen LogP contribution in [0.2, 0.25) is 0 Å². The van der Waals surface area contributed by atoms with E-state index >= 15 is 0 Å². The Hall–Kier alpha value is -3.32. The third-order valence-corrected chi connectivity index (χ3v) is 6.67. The normalized spacial score (nSPS) is 12.3. The zero-order valence-corrected chi connectivity index (χ0v) is 20.4. The number of benzene rings is 3. The van der Waals surface area contributed by atoms with Gasteiger partial charge in [0.15, 0.2) is 6.10 Å². The molecule has 3 aromatic rings. The van der Waals surface area contributed by atoms with Gasteiger partial charge in [-0.25, -0.2) is 8.42 Å². The minimum Gasteiger partial charge on any atom is -0.481 e. The van der Waals surface area contributed by atoms with E-state index in [9.17, 15) is 13.2 Å². The van der Waals surface area contributed by atoms with Crippen LogP contribution < -0.4 is 14.8 Å². The summed E-state index contributed by atoms with van der Waals surface area (Å²) in [5.41, 5.74) is 4.11. The van der Waals surface area contributed by atoms with Crippen LogP contribution in [-0.2, 0) is 14.8 Å². The fourth-order valence-corrected chi connectivity index (χ4v) is 4.41. The zero-order chi connectivity index (χ0) is 24.2. The highest BCUT2D eigenvalue weighted by molar-refractivity contribution is 7.92. The summed E-state index contributed by atoms with van der Waals surface area (Å²) in [7, 11) is -3.75. The molecule has 0 aliphatic heterocycles. The topological polar surface area (TPSA) is 84.5 Å². The van der Waals surface area contributed by atoms with E-state index in [-0.39, 0.29) is 10.8 Å². The van der Waals surface area contributed by atoms with Gasteiger partial charge in [-0.2, -0.15) is 0 Å². The molecule has 1 amide bonds. The molecule has 0 spiro atoms. The molecule has 3 rings (SSSR count). The fraction of sp³-hybridized carbons (Fsp3) is 0.269. The first kappa shape index (κ1) is 24.3. The molecule has 0 heterocycles. The molecular weight excluding hydrogens is 436 g/mol. The average molecular weight is 467 g/mol. The van der Waals surface area contributed by atoms with E-state index in [1.807, 2.05) is 50.2 Å². The fourth-order valence-electron chi connectivity index (χ4n) is 3.28. The lowest BCUT2D eigenvalue weighted by Gasteiger charge is -2.16. The van der Waals surface area contributed by atoms with Gasteiger partial charge in [0.1, 0.15) is 5.75 Å². The van der Waals surface area contributed by atoms with Crippen molar-refractivity contribution in [3.05, 3.63) is 83.4 Å².